The largest absolute Gasteiger partial charge is 0.493 e. The van der Waals surface area contributed by atoms with E-state index in [2.05, 4.69) is 23.0 Å². The highest BCUT2D eigenvalue weighted by Crippen LogP contribution is 2.47. The molecule has 0 saturated heterocycles. The number of nitrogens with zero attached hydrogens (tertiary/aromatic N) is 3. The molecule has 118 valence electrons. The maximum absolute atomic E-state index is 6.04. The van der Waals surface area contributed by atoms with Crippen LogP contribution in [0.25, 0.3) is 11.1 Å². The maximum Gasteiger partial charge on any atom is 0.154 e. The Morgan fingerprint density at radius 3 is 2.91 bits per heavy atom. The second kappa shape index (κ2) is 5.53. The van der Waals surface area contributed by atoms with Gasteiger partial charge in [-0.25, -0.2) is 9.97 Å². The van der Waals surface area contributed by atoms with E-state index in [4.69, 9.17) is 15.5 Å². The highest BCUT2D eigenvalue weighted by atomic mass is 32.2. The minimum Gasteiger partial charge on any atom is -0.493 e. The molecular weight excluding hydrogens is 308 g/mol. The van der Waals surface area contributed by atoms with Crippen LogP contribution >= 0.6 is 11.8 Å². The SMILES string of the molecule is C[C@]12N=C(N)SC[C@H]1CCOc1ccc(-c3cncnc3)cc12. The summed E-state index contributed by atoms with van der Waals surface area (Å²) in [6.07, 6.45) is 6.16. The van der Waals surface area contributed by atoms with E-state index < -0.39 is 0 Å². The molecular formula is C17H18N4OS. The average molecular weight is 326 g/mol. The molecule has 0 unspecified atom stereocenters. The molecule has 0 bridgehead atoms. The number of benzene rings is 1. The Morgan fingerprint density at radius 2 is 2.09 bits per heavy atom. The van der Waals surface area contributed by atoms with Crippen molar-refractivity contribution in [2.24, 2.45) is 16.6 Å². The summed E-state index contributed by atoms with van der Waals surface area (Å²) in [5.41, 5.74) is 8.86. The van der Waals surface area contributed by atoms with Gasteiger partial charge in [0, 0.05) is 35.2 Å². The Morgan fingerprint density at radius 1 is 1.26 bits per heavy atom. The molecule has 2 atom stereocenters. The van der Waals surface area contributed by atoms with Crippen molar-refractivity contribution < 1.29 is 4.74 Å². The number of hydrogen-bond donors (Lipinski definition) is 1. The number of thioether (sulfide) groups is 1. The van der Waals surface area contributed by atoms with Gasteiger partial charge in [0.15, 0.2) is 5.17 Å². The number of aliphatic imine (C=N–C) groups is 1. The van der Waals surface area contributed by atoms with Gasteiger partial charge in [0.25, 0.3) is 0 Å². The Bertz CT molecular complexity index is 764. The molecule has 0 spiro atoms. The van der Waals surface area contributed by atoms with Crippen molar-refractivity contribution in [1.82, 2.24) is 9.97 Å². The van der Waals surface area contributed by atoms with Crippen LogP contribution < -0.4 is 10.5 Å². The van der Waals surface area contributed by atoms with Crippen molar-refractivity contribution in [2.75, 3.05) is 12.4 Å². The lowest BCUT2D eigenvalue weighted by atomic mass is 9.78. The van der Waals surface area contributed by atoms with E-state index in [1.54, 1.807) is 11.8 Å². The van der Waals surface area contributed by atoms with E-state index in [-0.39, 0.29) is 5.54 Å². The lowest BCUT2D eigenvalue weighted by Gasteiger charge is -2.36. The lowest BCUT2D eigenvalue weighted by molar-refractivity contribution is 0.271. The molecule has 0 radical (unpaired) electrons. The summed E-state index contributed by atoms with van der Waals surface area (Å²) in [5.74, 6) is 2.30. The van der Waals surface area contributed by atoms with Crippen molar-refractivity contribution in [3.8, 4) is 16.9 Å². The van der Waals surface area contributed by atoms with E-state index in [1.807, 2.05) is 24.5 Å². The fraction of sp³-hybridized carbons (Fsp3) is 0.353. The normalized spacial score (nSPS) is 26.3. The van der Waals surface area contributed by atoms with Crippen LogP contribution in [-0.2, 0) is 5.54 Å². The maximum atomic E-state index is 6.04. The minimum atomic E-state index is -0.340. The van der Waals surface area contributed by atoms with Crippen LogP contribution in [0.2, 0.25) is 0 Å². The van der Waals surface area contributed by atoms with E-state index in [1.165, 1.54) is 6.33 Å². The van der Waals surface area contributed by atoms with Gasteiger partial charge in [0.2, 0.25) is 0 Å². The monoisotopic (exact) mass is 326 g/mol. The number of ether oxygens (including phenoxy) is 1. The summed E-state index contributed by atoms with van der Waals surface area (Å²) in [6, 6.07) is 6.23. The first-order valence-corrected chi connectivity index (χ1v) is 8.66. The number of aromatic nitrogens is 2. The minimum absolute atomic E-state index is 0.340. The van der Waals surface area contributed by atoms with Crippen LogP contribution in [0.15, 0.2) is 41.9 Å². The van der Waals surface area contributed by atoms with Gasteiger partial charge in [-0.05, 0) is 31.0 Å². The van der Waals surface area contributed by atoms with Gasteiger partial charge < -0.3 is 10.5 Å². The second-order valence-electron chi connectivity index (χ2n) is 6.08. The van der Waals surface area contributed by atoms with Crippen molar-refractivity contribution in [3.05, 3.63) is 42.5 Å². The molecule has 5 nitrogen and oxygen atoms in total. The topological polar surface area (TPSA) is 73.4 Å². The Balaban J connectivity index is 1.88. The van der Waals surface area contributed by atoms with Crippen molar-refractivity contribution in [3.63, 3.8) is 0 Å². The Kier molecular flexibility index (Phi) is 3.49. The first kappa shape index (κ1) is 14.5. The van der Waals surface area contributed by atoms with Crippen LogP contribution in [-0.4, -0.2) is 27.5 Å². The van der Waals surface area contributed by atoms with E-state index >= 15 is 0 Å². The van der Waals surface area contributed by atoms with Crippen molar-refractivity contribution >= 4 is 16.9 Å². The Labute approximate surface area is 139 Å². The molecule has 2 aliphatic heterocycles. The molecule has 1 aromatic heterocycles. The molecule has 2 aliphatic rings. The smallest absolute Gasteiger partial charge is 0.154 e. The molecule has 3 heterocycles. The fourth-order valence-corrected chi connectivity index (χ4v) is 4.45. The number of hydrogen-bond acceptors (Lipinski definition) is 6. The quantitative estimate of drug-likeness (QED) is 0.872. The van der Waals surface area contributed by atoms with Gasteiger partial charge in [-0.2, -0.15) is 0 Å². The summed E-state index contributed by atoms with van der Waals surface area (Å²) in [6.45, 7) is 2.89. The molecule has 23 heavy (non-hydrogen) atoms. The third-order valence-corrected chi connectivity index (χ3v) is 5.67. The summed E-state index contributed by atoms with van der Waals surface area (Å²) in [4.78, 5) is 13.0. The summed E-state index contributed by atoms with van der Waals surface area (Å²) >= 11 is 1.64. The zero-order valence-corrected chi connectivity index (χ0v) is 13.7. The standard InChI is InChI=1S/C17H18N4OS/c1-17-13(9-23-16(18)21-17)4-5-22-15-3-2-11(6-14(15)17)12-7-19-10-20-8-12/h2-3,6-8,10,13H,4-5,9H2,1H3,(H2,18,21)/t13-,17+/m1/s1. The lowest BCUT2D eigenvalue weighted by Crippen LogP contribution is -2.37. The van der Waals surface area contributed by atoms with Crippen LogP contribution in [0.5, 0.6) is 5.75 Å². The zero-order chi connectivity index (χ0) is 15.9. The molecule has 2 N–H and O–H groups in total. The average Bonchev–Trinajstić information content (AvgIpc) is 2.71. The van der Waals surface area contributed by atoms with Crippen LogP contribution in [0.3, 0.4) is 0 Å². The molecule has 0 saturated carbocycles. The second-order valence-corrected chi connectivity index (χ2v) is 7.12. The highest BCUT2D eigenvalue weighted by molar-refractivity contribution is 8.13. The van der Waals surface area contributed by atoms with E-state index in [0.29, 0.717) is 11.1 Å². The third-order valence-electron chi connectivity index (χ3n) is 4.71. The number of rotatable bonds is 1. The number of nitrogens with two attached hydrogens (primary N) is 1. The first-order valence-electron chi connectivity index (χ1n) is 7.67. The highest BCUT2D eigenvalue weighted by Gasteiger charge is 2.42. The molecule has 6 heteroatoms. The van der Waals surface area contributed by atoms with Crippen LogP contribution in [0.1, 0.15) is 18.9 Å². The molecule has 1 aromatic carbocycles. The molecule has 0 aliphatic carbocycles. The third kappa shape index (κ3) is 2.47. The predicted octanol–water partition coefficient (Wildman–Crippen LogP) is 2.82. The summed E-state index contributed by atoms with van der Waals surface area (Å²) in [5, 5.41) is 0.657. The number of amidine groups is 1. The van der Waals surface area contributed by atoms with Crippen molar-refractivity contribution in [1.29, 1.82) is 0 Å². The molecule has 0 amide bonds. The van der Waals surface area contributed by atoms with Crippen molar-refractivity contribution in [2.45, 2.75) is 18.9 Å². The molecule has 4 rings (SSSR count). The van der Waals surface area contributed by atoms with E-state index in [9.17, 15) is 0 Å². The van der Waals surface area contributed by atoms with Gasteiger partial charge in [0.05, 0.1) is 12.1 Å². The van der Waals surface area contributed by atoms with Gasteiger partial charge in [0.1, 0.15) is 12.1 Å². The zero-order valence-electron chi connectivity index (χ0n) is 12.9. The van der Waals surface area contributed by atoms with Crippen LogP contribution in [0, 0.1) is 5.92 Å². The summed E-state index contributed by atoms with van der Waals surface area (Å²) in [7, 11) is 0. The van der Waals surface area contributed by atoms with Gasteiger partial charge >= 0.3 is 0 Å². The molecule has 2 aromatic rings. The van der Waals surface area contributed by atoms with Crippen LogP contribution in [0.4, 0.5) is 0 Å². The first-order chi connectivity index (χ1) is 11.2. The number of fused-ring (bicyclic) bond motifs is 3. The fourth-order valence-electron chi connectivity index (χ4n) is 3.34. The van der Waals surface area contributed by atoms with Gasteiger partial charge in [-0.3, -0.25) is 4.99 Å². The van der Waals surface area contributed by atoms with E-state index in [0.717, 1.165) is 41.2 Å². The van der Waals surface area contributed by atoms with Gasteiger partial charge in [-0.1, -0.05) is 17.8 Å². The Hall–Kier alpha value is -2.08. The predicted molar refractivity (Wildman–Crippen MR) is 92.5 cm³/mol. The summed E-state index contributed by atoms with van der Waals surface area (Å²) < 4.78 is 5.98. The molecule has 0 fully saturated rings. The van der Waals surface area contributed by atoms with Gasteiger partial charge in [-0.15, -0.1) is 0 Å².